The van der Waals surface area contributed by atoms with Gasteiger partial charge in [0.25, 0.3) is 0 Å². The smallest absolute Gasteiger partial charge is 0.311 e. The van der Waals surface area contributed by atoms with Gasteiger partial charge >= 0.3 is 5.97 Å². The van der Waals surface area contributed by atoms with E-state index in [0.717, 1.165) is 16.8 Å². The first-order valence-corrected chi connectivity index (χ1v) is 4.74. The van der Waals surface area contributed by atoms with Gasteiger partial charge in [-0.1, -0.05) is 0 Å². The van der Waals surface area contributed by atoms with Gasteiger partial charge in [-0.25, -0.2) is 4.98 Å². The molecule has 15 heavy (non-hydrogen) atoms. The Hall–Kier alpha value is -1.84. The number of hydrogen-bond donors (Lipinski definition) is 1. The minimum atomic E-state index is -0.859. The minimum absolute atomic E-state index is 0.0436. The van der Waals surface area contributed by atoms with Crippen LogP contribution in [0.5, 0.6) is 0 Å². The van der Waals surface area contributed by atoms with Gasteiger partial charge in [0, 0.05) is 6.20 Å². The van der Waals surface area contributed by atoms with Crippen molar-refractivity contribution in [3.8, 4) is 0 Å². The van der Waals surface area contributed by atoms with E-state index in [1.54, 1.807) is 0 Å². The van der Waals surface area contributed by atoms with E-state index in [1.165, 1.54) is 0 Å². The number of fused-ring (bicyclic) bond motifs is 1. The van der Waals surface area contributed by atoms with Crippen LogP contribution in [-0.4, -0.2) is 20.5 Å². The lowest BCUT2D eigenvalue weighted by Crippen LogP contribution is -2.04. The number of imidazole rings is 1. The van der Waals surface area contributed by atoms with Gasteiger partial charge < -0.3 is 9.51 Å². The van der Waals surface area contributed by atoms with E-state index in [4.69, 9.17) is 5.11 Å². The van der Waals surface area contributed by atoms with Crippen molar-refractivity contribution < 1.29 is 9.90 Å². The van der Waals surface area contributed by atoms with Gasteiger partial charge in [-0.05, 0) is 31.5 Å². The summed E-state index contributed by atoms with van der Waals surface area (Å²) in [6.07, 6.45) is 1.82. The zero-order valence-corrected chi connectivity index (χ0v) is 8.69. The Morgan fingerprint density at radius 3 is 2.93 bits per heavy atom. The number of nitrogens with zero attached hydrogens (tertiary/aromatic N) is 2. The molecule has 1 N–H and O–H groups in total. The van der Waals surface area contributed by atoms with Crippen LogP contribution in [0.25, 0.3) is 5.52 Å². The normalized spacial score (nSPS) is 10.8. The molecule has 0 aliphatic carbocycles. The number of hydrogen-bond acceptors (Lipinski definition) is 2. The molecule has 4 heteroatoms. The lowest BCUT2D eigenvalue weighted by Gasteiger charge is -1.99. The molecular formula is C11H12N2O2. The molecule has 2 aromatic rings. The van der Waals surface area contributed by atoms with Gasteiger partial charge in [-0.2, -0.15) is 0 Å². The highest BCUT2D eigenvalue weighted by Gasteiger charge is 2.10. The SMILES string of the molecule is Cc1ccn2c(CC(=O)O)nc(C)c2c1. The van der Waals surface area contributed by atoms with Crippen LogP contribution in [0.3, 0.4) is 0 Å². The molecule has 0 radical (unpaired) electrons. The number of aryl methyl sites for hydroxylation is 2. The highest BCUT2D eigenvalue weighted by atomic mass is 16.4. The predicted octanol–water partition coefficient (Wildman–Crippen LogP) is 1.58. The average molecular weight is 204 g/mol. The van der Waals surface area contributed by atoms with Crippen LogP contribution >= 0.6 is 0 Å². The fraction of sp³-hybridized carbons (Fsp3) is 0.273. The van der Waals surface area contributed by atoms with Crippen LogP contribution in [-0.2, 0) is 11.2 Å². The number of carbonyl (C=O) groups is 1. The standard InChI is InChI=1S/C11H12N2O2/c1-7-3-4-13-9(5-7)8(2)12-10(13)6-11(14)15/h3-5H,6H2,1-2H3,(H,14,15). The van der Waals surface area contributed by atoms with Gasteiger partial charge in [0.05, 0.1) is 11.2 Å². The van der Waals surface area contributed by atoms with Crippen molar-refractivity contribution in [1.82, 2.24) is 9.38 Å². The van der Waals surface area contributed by atoms with Gasteiger partial charge in [0.2, 0.25) is 0 Å². The molecule has 0 saturated heterocycles. The van der Waals surface area contributed by atoms with Gasteiger partial charge in [-0.15, -0.1) is 0 Å². The van der Waals surface area contributed by atoms with Crippen molar-refractivity contribution in [2.24, 2.45) is 0 Å². The van der Waals surface area contributed by atoms with Crippen molar-refractivity contribution in [3.63, 3.8) is 0 Å². The molecular weight excluding hydrogens is 192 g/mol. The molecule has 4 nitrogen and oxygen atoms in total. The summed E-state index contributed by atoms with van der Waals surface area (Å²) < 4.78 is 1.83. The average Bonchev–Trinajstić information content (AvgIpc) is 2.42. The number of rotatable bonds is 2. The van der Waals surface area contributed by atoms with E-state index < -0.39 is 5.97 Å². The van der Waals surface area contributed by atoms with E-state index >= 15 is 0 Å². The van der Waals surface area contributed by atoms with Gasteiger partial charge in [0.1, 0.15) is 12.2 Å². The van der Waals surface area contributed by atoms with Gasteiger partial charge in [-0.3, -0.25) is 4.79 Å². The number of pyridine rings is 1. The molecule has 2 rings (SSSR count). The monoisotopic (exact) mass is 204 g/mol. The van der Waals surface area contributed by atoms with E-state index in [2.05, 4.69) is 4.98 Å². The van der Waals surface area contributed by atoms with Crippen molar-refractivity contribution in [2.45, 2.75) is 20.3 Å². The first kappa shape index (κ1) is 9.71. The molecule has 0 spiro atoms. The molecule has 0 atom stereocenters. The molecule has 0 amide bonds. The highest BCUT2D eigenvalue weighted by Crippen LogP contribution is 2.14. The van der Waals surface area contributed by atoms with Crippen LogP contribution < -0.4 is 0 Å². The Labute approximate surface area is 87.2 Å². The molecule has 0 unspecified atom stereocenters. The maximum Gasteiger partial charge on any atom is 0.311 e. The number of aromatic nitrogens is 2. The fourth-order valence-electron chi connectivity index (χ4n) is 1.67. The van der Waals surface area contributed by atoms with E-state index in [0.29, 0.717) is 5.82 Å². The largest absolute Gasteiger partial charge is 0.481 e. The summed E-state index contributed by atoms with van der Waals surface area (Å²) in [5.74, 6) is -0.280. The second-order valence-corrected chi connectivity index (χ2v) is 3.64. The minimum Gasteiger partial charge on any atom is -0.481 e. The molecule has 0 aliphatic rings. The van der Waals surface area contributed by atoms with Crippen LogP contribution in [0, 0.1) is 13.8 Å². The summed E-state index contributed by atoms with van der Waals surface area (Å²) in [4.78, 5) is 14.9. The molecule has 0 fully saturated rings. The number of carboxylic acid groups (broad SMARTS) is 1. The van der Waals surface area contributed by atoms with E-state index in [-0.39, 0.29) is 6.42 Å². The summed E-state index contributed by atoms with van der Waals surface area (Å²) in [5, 5.41) is 8.74. The van der Waals surface area contributed by atoms with Crippen LogP contribution in [0.4, 0.5) is 0 Å². The third-order valence-corrected chi connectivity index (χ3v) is 2.37. The second kappa shape index (κ2) is 3.38. The third-order valence-electron chi connectivity index (χ3n) is 2.37. The molecule has 0 saturated carbocycles. The number of aliphatic carboxylic acids is 1. The summed E-state index contributed by atoms with van der Waals surface area (Å²) in [6.45, 7) is 3.89. The van der Waals surface area contributed by atoms with Crippen molar-refractivity contribution >= 4 is 11.5 Å². The molecule has 0 aliphatic heterocycles. The topological polar surface area (TPSA) is 54.6 Å². The Morgan fingerprint density at radius 1 is 1.53 bits per heavy atom. The third kappa shape index (κ3) is 1.70. The maximum absolute atomic E-state index is 10.6. The Balaban J connectivity index is 2.62. The quantitative estimate of drug-likeness (QED) is 0.808. The molecule has 2 heterocycles. The maximum atomic E-state index is 10.6. The van der Waals surface area contributed by atoms with Crippen molar-refractivity contribution in [3.05, 3.63) is 35.4 Å². The van der Waals surface area contributed by atoms with Crippen LogP contribution in [0.15, 0.2) is 18.3 Å². The second-order valence-electron chi connectivity index (χ2n) is 3.64. The van der Waals surface area contributed by atoms with Crippen LogP contribution in [0.2, 0.25) is 0 Å². The van der Waals surface area contributed by atoms with E-state index in [1.807, 2.05) is 36.6 Å². The Bertz CT molecular complexity index is 529. The summed E-state index contributed by atoms with van der Waals surface area (Å²) in [7, 11) is 0. The van der Waals surface area contributed by atoms with E-state index in [9.17, 15) is 4.79 Å². The number of carboxylic acids is 1. The first-order chi connectivity index (χ1) is 7.08. The molecule has 0 bridgehead atoms. The summed E-state index contributed by atoms with van der Waals surface area (Å²) in [6, 6.07) is 3.95. The lowest BCUT2D eigenvalue weighted by molar-refractivity contribution is -0.136. The highest BCUT2D eigenvalue weighted by molar-refractivity contribution is 5.70. The molecule has 0 aromatic carbocycles. The summed E-state index contributed by atoms with van der Waals surface area (Å²) >= 11 is 0. The van der Waals surface area contributed by atoms with Crippen molar-refractivity contribution in [2.75, 3.05) is 0 Å². The first-order valence-electron chi connectivity index (χ1n) is 4.74. The zero-order valence-electron chi connectivity index (χ0n) is 8.69. The molecule has 2 aromatic heterocycles. The fourth-order valence-corrected chi connectivity index (χ4v) is 1.67. The zero-order chi connectivity index (χ0) is 11.0. The Kier molecular flexibility index (Phi) is 2.19. The van der Waals surface area contributed by atoms with Crippen LogP contribution in [0.1, 0.15) is 17.1 Å². The summed E-state index contributed by atoms with van der Waals surface area (Å²) in [5.41, 5.74) is 2.99. The molecule has 78 valence electrons. The Morgan fingerprint density at radius 2 is 2.27 bits per heavy atom. The predicted molar refractivity (Wildman–Crippen MR) is 56.0 cm³/mol. The lowest BCUT2D eigenvalue weighted by atomic mass is 10.2. The van der Waals surface area contributed by atoms with Crippen molar-refractivity contribution in [1.29, 1.82) is 0 Å². The van der Waals surface area contributed by atoms with Gasteiger partial charge in [0.15, 0.2) is 0 Å².